The lowest BCUT2D eigenvalue weighted by atomic mass is 10.0. The third-order valence-electron chi connectivity index (χ3n) is 5.34. The van der Waals surface area contributed by atoms with E-state index in [-0.39, 0.29) is 5.56 Å². The number of aryl methyl sites for hydroxylation is 1. The standard InChI is InChI=1S/C25H18F6N2O4S/c1-13-10-15(7-9-19(13)36-12-21(34)35)38-23(22-16-4-2-3-5-18(16)32-33-22)14-6-8-17(24(26,27)28)20(11-14)37-25(29,30)31/h2-11,23H,12H2,1H3,(H,32,33)(H,34,35). The van der Waals surface area contributed by atoms with Crippen molar-refractivity contribution >= 4 is 28.6 Å². The number of H-pyrrole nitrogens is 1. The Morgan fingerprint density at radius 1 is 1.03 bits per heavy atom. The van der Waals surface area contributed by atoms with Gasteiger partial charge in [0.2, 0.25) is 0 Å². The topological polar surface area (TPSA) is 84.4 Å². The van der Waals surface area contributed by atoms with E-state index >= 15 is 0 Å². The van der Waals surface area contributed by atoms with Crippen LogP contribution >= 0.6 is 11.8 Å². The maximum atomic E-state index is 13.5. The number of carbonyl (C=O) groups is 1. The first-order chi connectivity index (χ1) is 17.8. The molecule has 0 bridgehead atoms. The monoisotopic (exact) mass is 556 g/mol. The molecule has 13 heteroatoms. The molecule has 1 aromatic heterocycles. The van der Waals surface area contributed by atoms with Crippen LogP contribution in [-0.4, -0.2) is 34.2 Å². The van der Waals surface area contributed by atoms with E-state index in [1.807, 2.05) is 0 Å². The summed E-state index contributed by atoms with van der Waals surface area (Å²) in [5, 5.41) is 15.7. The van der Waals surface area contributed by atoms with Gasteiger partial charge in [0.15, 0.2) is 6.61 Å². The van der Waals surface area contributed by atoms with Gasteiger partial charge in [0.1, 0.15) is 11.5 Å². The van der Waals surface area contributed by atoms with Crippen molar-refractivity contribution in [3.05, 3.63) is 83.0 Å². The zero-order valence-electron chi connectivity index (χ0n) is 19.4. The first-order valence-corrected chi connectivity index (χ1v) is 11.7. The number of rotatable bonds is 8. The maximum absolute atomic E-state index is 13.5. The van der Waals surface area contributed by atoms with Gasteiger partial charge in [-0.25, -0.2) is 4.79 Å². The largest absolute Gasteiger partial charge is 0.573 e. The van der Waals surface area contributed by atoms with Crippen LogP contribution in [0.2, 0.25) is 0 Å². The number of aliphatic carboxylic acids is 1. The van der Waals surface area contributed by atoms with Crippen LogP contribution in [-0.2, 0) is 11.0 Å². The molecular weight excluding hydrogens is 538 g/mol. The minimum absolute atomic E-state index is 0.0977. The van der Waals surface area contributed by atoms with Crippen molar-refractivity contribution in [1.29, 1.82) is 0 Å². The summed E-state index contributed by atoms with van der Waals surface area (Å²) in [4.78, 5) is 11.4. The number of aromatic nitrogens is 2. The quantitative estimate of drug-likeness (QED) is 0.177. The van der Waals surface area contributed by atoms with Crippen molar-refractivity contribution in [3.8, 4) is 11.5 Å². The number of alkyl halides is 6. The molecule has 0 radical (unpaired) electrons. The molecule has 0 spiro atoms. The van der Waals surface area contributed by atoms with E-state index in [9.17, 15) is 31.1 Å². The number of nitrogens with zero attached hydrogens (tertiary/aromatic N) is 1. The first kappa shape index (κ1) is 27.2. The fourth-order valence-corrected chi connectivity index (χ4v) is 4.99. The highest BCUT2D eigenvalue weighted by Crippen LogP contribution is 2.46. The number of halogens is 6. The number of hydrogen-bond donors (Lipinski definition) is 2. The number of benzene rings is 3. The Bertz CT molecular complexity index is 1470. The summed E-state index contributed by atoms with van der Waals surface area (Å²) < 4.78 is 88.4. The number of nitrogens with one attached hydrogen (secondary N) is 1. The molecule has 0 amide bonds. The number of carboxylic acids is 1. The molecule has 1 heterocycles. The van der Waals surface area contributed by atoms with Crippen molar-refractivity contribution < 1.29 is 45.7 Å². The van der Waals surface area contributed by atoms with Gasteiger partial charge in [-0.05, 0) is 54.4 Å². The van der Waals surface area contributed by atoms with Gasteiger partial charge >= 0.3 is 18.5 Å². The van der Waals surface area contributed by atoms with Crippen LogP contribution in [0, 0.1) is 6.92 Å². The third-order valence-corrected chi connectivity index (χ3v) is 6.61. The highest BCUT2D eigenvalue weighted by Gasteiger charge is 2.40. The molecule has 1 atom stereocenters. The van der Waals surface area contributed by atoms with Crippen LogP contribution in [0.5, 0.6) is 11.5 Å². The fourth-order valence-electron chi connectivity index (χ4n) is 3.75. The van der Waals surface area contributed by atoms with Gasteiger partial charge in [0, 0.05) is 10.3 Å². The molecule has 0 fully saturated rings. The molecule has 0 aliphatic rings. The van der Waals surface area contributed by atoms with E-state index in [2.05, 4.69) is 14.9 Å². The summed E-state index contributed by atoms with van der Waals surface area (Å²) in [7, 11) is 0. The minimum Gasteiger partial charge on any atom is -0.482 e. The second-order valence-corrected chi connectivity index (χ2v) is 9.24. The molecule has 38 heavy (non-hydrogen) atoms. The molecule has 4 rings (SSSR count). The van der Waals surface area contributed by atoms with E-state index in [0.29, 0.717) is 38.9 Å². The number of fused-ring (bicyclic) bond motifs is 1. The van der Waals surface area contributed by atoms with E-state index in [0.717, 1.165) is 23.9 Å². The summed E-state index contributed by atoms with van der Waals surface area (Å²) in [6.07, 6.45) is -10.4. The van der Waals surface area contributed by atoms with Gasteiger partial charge in [-0.2, -0.15) is 18.3 Å². The highest BCUT2D eigenvalue weighted by molar-refractivity contribution is 7.99. The number of carboxylic acid groups (broad SMARTS) is 1. The van der Waals surface area contributed by atoms with Crippen LogP contribution in [0.25, 0.3) is 10.9 Å². The zero-order valence-corrected chi connectivity index (χ0v) is 20.2. The fraction of sp³-hybridized carbons (Fsp3) is 0.200. The van der Waals surface area contributed by atoms with Crippen molar-refractivity contribution in [2.24, 2.45) is 0 Å². The van der Waals surface area contributed by atoms with Crippen molar-refractivity contribution in [1.82, 2.24) is 10.2 Å². The molecule has 0 aliphatic heterocycles. The Morgan fingerprint density at radius 2 is 1.76 bits per heavy atom. The van der Waals surface area contributed by atoms with Crippen LogP contribution in [0.1, 0.15) is 27.6 Å². The number of ether oxygens (including phenoxy) is 2. The molecule has 200 valence electrons. The van der Waals surface area contributed by atoms with E-state index < -0.39 is 41.7 Å². The van der Waals surface area contributed by atoms with Gasteiger partial charge in [-0.15, -0.1) is 24.9 Å². The molecule has 6 nitrogen and oxygen atoms in total. The third kappa shape index (κ3) is 6.33. The summed E-state index contributed by atoms with van der Waals surface area (Å²) >= 11 is 1.14. The Kier molecular flexibility index (Phi) is 7.49. The average Bonchev–Trinajstić information content (AvgIpc) is 3.24. The molecule has 0 aliphatic carbocycles. The SMILES string of the molecule is Cc1cc(SC(c2ccc(C(F)(F)F)c(OC(F)(F)F)c2)c2[nH]nc3ccccc23)ccc1OCC(=O)O. The molecule has 4 aromatic rings. The summed E-state index contributed by atoms with van der Waals surface area (Å²) in [6.45, 7) is 1.12. The van der Waals surface area contributed by atoms with Crippen LogP contribution in [0.15, 0.2) is 65.6 Å². The Hall–Kier alpha value is -3.87. The van der Waals surface area contributed by atoms with Gasteiger partial charge in [-0.1, -0.05) is 24.3 Å². The molecule has 1 unspecified atom stereocenters. The van der Waals surface area contributed by atoms with E-state index in [1.165, 1.54) is 6.07 Å². The Balaban J connectivity index is 1.80. The molecule has 0 saturated heterocycles. The molecular formula is C25H18F6N2O4S. The van der Waals surface area contributed by atoms with Gasteiger partial charge in [0.05, 0.1) is 22.0 Å². The second-order valence-electron chi connectivity index (χ2n) is 8.06. The summed E-state index contributed by atoms with van der Waals surface area (Å²) in [5.41, 5.74) is 0.124. The Labute approximate surface area is 215 Å². The van der Waals surface area contributed by atoms with Crippen molar-refractivity contribution in [2.45, 2.75) is 29.6 Å². The lowest BCUT2D eigenvalue weighted by Crippen LogP contribution is -2.20. The number of aromatic amines is 1. The predicted molar refractivity (Wildman–Crippen MR) is 126 cm³/mol. The highest BCUT2D eigenvalue weighted by atomic mass is 32.2. The van der Waals surface area contributed by atoms with Crippen LogP contribution in [0.3, 0.4) is 0 Å². The first-order valence-electron chi connectivity index (χ1n) is 10.8. The summed E-state index contributed by atoms with van der Waals surface area (Å²) in [5.74, 6) is -2.21. The van der Waals surface area contributed by atoms with Gasteiger partial charge < -0.3 is 14.6 Å². The molecule has 2 N–H and O–H groups in total. The lowest BCUT2D eigenvalue weighted by Gasteiger charge is -2.21. The van der Waals surface area contributed by atoms with Crippen molar-refractivity contribution in [2.75, 3.05) is 6.61 Å². The van der Waals surface area contributed by atoms with E-state index in [4.69, 9.17) is 9.84 Å². The Morgan fingerprint density at radius 3 is 2.42 bits per heavy atom. The van der Waals surface area contributed by atoms with E-state index in [1.54, 1.807) is 43.3 Å². The summed E-state index contributed by atoms with van der Waals surface area (Å²) in [6, 6.07) is 14.1. The van der Waals surface area contributed by atoms with Gasteiger partial charge in [-0.3, -0.25) is 5.10 Å². The predicted octanol–water partition coefficient (Wildman–Crippen LogP) is 7.13. The number of thioether (sulfide) groups is 1. The number of para-hydroxylation sites is 1. The average molecular weight is 556 g/mol. The smallest absolute Gasteiger partial charge is 0.482 e. The molecule has 0 saturated carbocycles. The zero-order chi connectivity index (χ0) is 27.7. The van der Waals surface area contributed by atoms with Crippen molar-refractivity contribution in [3.63, 3.8) is 0 Å². The second kappa shape index (κ2) is 10.5. The lowest BCUT2D eigenvalue weighted by molar-refractivity contribution is -0.276. The molecule has 3 aromatic carbocycles. The minimum atomic E-state index is -5.34. The normalized spacial score (nSPS) is 12.9. The van der Waals surface area contributed by atoms with Crippen LogP contribution in [0.4, 0.5) is 26.3 Å². The number of hydrogen-bond acceptors (Lipinski definition) is 5. The van der Waals surface area contributed by atoms with Crippen LogP contribution < -0.4 is 9.47 Å². The maximum Gasteiger partial charge on any atom is 0.573 e. The van der Waals surface area contributed by atoms with Gasteiger partial charge in [0.25, 0.3) is 0 Å².